The predicted octanol–water partition coefficient (Wildman–Crippen LogP) is 3.39. The second-order valence-corrected chi connectivity index (χ2v) is 13.4. The number of carbonyl (C=O) groups excluding carboxylic acids is 2. The van der Waals surface area contributed by atoms with Gasteiger partial charge in [-0.05, 0) is 69.2 Å². The summed E-state index contributed by atoms with van der Waals surface area (Å²) in [6.45, 7) is 5.81. The van der Waals surface area contributed by atoms with Gasteiger partial charge in [0, 0.05) is 18.3 Å². The fraction of sp³-hybridized carbons (Fsp3) is 0.600. The summed E-state index contributed by atoms with van der Waals surface area (Å²) < 4.78 is 29.1. The molecule has 1 saturated heterocycles. The lowest BCUT2D eigenvalue weighted by Gasteiger charge is -2.32. The fourth-order valence-corrected chi connectivity index (χ4v) is 7.72. The number of guanidine groups is 1. The monoisotopic (exact) mass is 584 g/mol. The summed E-state index contributed by atoms with van der Waals surface area (Å²) in [6.07, 6.45) is 9.05. The maximum absolute atomic E-state index is 14.0. The Kier molecular flexibility index (Phi) is 10.7. The number of nitrogens with two attached hydrogens (primary N) is 1. The highest BCUT2D eigenvalue weighted by Gasteiger charge is 2.40. The second-order valence-electron chi connectivity index (χ2n) is 11.6. The average molecular weight is 585 g/mol. The lowest BCUT2D eigenvalue weighted by atomic mass is 9.84. The minimum absolute atomic E-state index is 0.0701. The van der Waals surface area contributed by atoms with Gasteiger partial charge < -0.3 is 16.0 Å². The van der Waals surface area contributed by atoms with Gasteiger partial charge in [-0.1, -0.05) is 62.4 Å². The quantitative estimate of drug-likeness (QED) is 0.285. The van der Waals surface area contributed by atoms with E-state index in [9.17, 15) is 18.0 Å². The molecule has 1 aromatic rings. The minimum atomic E-state index is -3.77. The zero-order valence-corrected chi connectivity index (χ0v) is 24.9. The molecule has 224 valence electrons. The Balaban J connectivity index is 1.44. The highest BCUT2D eigenvalue weighted by molar-refractivity contribution is 7.88. The van der Waals surface area contributed by atoms with Crippen molar-refractivity contribution in [1.82, 2.24) is 14.9 Å². The summed E-state index contributed by atoms with van der Waals surface area (Å²) >= 11 is 0. The van der Waals surface area contributed by atoms with Crippen LogP contribution >= 0.6 is 0 Å². The van der Waals surface area contributed by atoms with Crippen molar-refractivity contribution in [3.05, 3.63) is 47.2 Å². The van der Waals surface area contributed by atoms with Gasteiger partial charge in [0.05, 0.1) is 5.75 Å². The molecule has 2 fully saturated rings. The van der Waals surface area contributed by atoms with Crippen molar-refractivity contribution in [2.24, 2.45) is 21.6 Å². The molecule has 3 aliphatic rings. The van der Waals surface area contributed by atoms with Crippen molar-refractivity contribution < 1.29 is 18.0 Å². The number of hydrogen-bond donors (Lipinski definition) is 3. The standard InChI is InChI=1S/C30H44N6O4S/c1-21-18-24(15-16-25(21)34-30(31)32-2)33-28(37)27-14-9-17-36(27)29(38)26(19-22-10-5-3-6-11-22)35-41(39,40)20-23-12-7-4-8-13-23/h4,7-8,12-13,22,24,26-27,35H,2-3,5-6,9-11,14-20H2,1H3,(H2,31,34)(H,33,37)/t24?,26-,27+/m1/s1. The smallest absolute Gasteiger partial charge is 0.243 e. The third-order valence-corrected chi connectivity index (χ3v) is 9.84. The highest BCUT2D eigenvalue weighted by atomic mass is 32.2. The molecule has 4 rings (SSSR count). The van der Waals surface area contributed by atoms with Crippen LogP contribution < -0.4 is 15.8 Å². The first-order valence-electron chi connectivity index (χ1n) is 14.8. The minimum Gasteiger partial charge on any atom is -0.368 e. The van der Waals surface area contributed by atoms with Gasteiger partial charge >= 0.3 is 0 Å². The molecule has 1 saturated carbocycles. The zero-order valence-electron chi connectivity index (χ0n) is 24.1. The molecule has 1 aromatic carbocycles. The van der Waals surface area contributed by atoms with Gasteiger partial charge in [-0.3, -0.25) is 9.59 Å². The molecule has 0 bridgehead atoms. The molecule has 2 amide bonds. The molecule has 1 heterocycles. The average Bonchev–Trinajstić information content (AvgIpc) is 3.45. The SMILES string of the molecule is C=NC(N)=NC1=C(C)CC(NC(=O)[C@@H]2CCCN2C(=O)[C@@H](CC2CCCCC2)NS(=O)(=O)Cc2ccccc2)CC1. The maximum atomic E-state index is 14.0. The van der Waals surface area contributed by atoms with Crippen LogP contribution in [0.15, 0.2) is 51.6 Å². The fourth-order valence-electron chi connectivity index (χ4n) is 6.37. The van der Waals surface area contributed by atoms with Crippen molar-refractivity contribution in [2.45, 2.75) is 101 Å². The number of rotatable bonds is 10. The van der Waals surface area contributed by atoms with Gasteiger partial charge in [-0.15, -0.1) is 0 Å². The first-order chi connectivity index (χ1) is 19.6. The van der Waals surface area contributed by atoms with Crippen LogP contribution in [0.25, 0.3) is 0 Å². The Labute approximate surface area is 244 Å². The van der Waals surface area contributed by atoms with Crippen LogP contribution in [0.2, 0.25) is 0 Å². The Hall–Kier alpha value is -3.05. The molecule has 2 aliphatic carbocycles. The largest absolute Gasteiger partial charge is 0.368 e. The second kappa shape index (κ2) is 14.2. The van der Waals surface area contributed by atoms with Gasteiger partial charge in [0.25, 0.3) is 0 Å². The van der Waals surface area contributed by atoms with Crippen molar-refractivity contribution >= 4 is 34.5 Å². The number of nitrogens with zero attached hydrogens (tertiary/aromatic N) is 3. The number of benzene rings is 1. The Morgan fingerprint density at radius 3 is 2.51 bits per heavy atom. The Morgan fingerprint density at radius 2 is 1.83 bits per heavy atom. The maximum Gasteiger partial charge on any atom is 0.243 e. The van der Waals surface area contributed by atoms with Crippen LogP contribution in [0.1, 0.15) is 83.1 Å². The molecule has 41 heavy (non-hydrogen) atoms. The molecule has 4 N–H and O–H groups in total. The molecule has 0 spiro atoms. The van der Waals surface area contributed by atoms with E-state index in [0.29, 0.717) is 50.6 Å². The number of hydrogen-bond acceptors (Lipinski definition) is 5. The summed E-state index contributed by atoms with van der Waals surface area (Å²) in [6, 6.07) is 7.40. The summed E-state index contributed by atoms with van der Waals surface area (Å²) in [4.78, 5) is 37.0. The molecular weight excluding hydrogens is 540 g/mol. The van der Waals surface area contributed by atoms with E-state index in [4.69, 9.17) is 5.73 Å². The van der Waals surface area contributed by atoms with Crippen LogP contribution in [0, 0.1) is 5.92 Å². The topological polar surface area (TPSA) is 146 Å². The number of allylic oxidation sites excluding steroid dienone is 1. The molecule has 3 atom stereocenters. The number of nitrogens with one attached hydrogen (secondary N) is 2. The Bertz CT molecular complexity index is 1260. The molecule has 0 aromatic heterocycles. The van der Waals surface area contributed by atoms with Crippen LogP contribution in [0.5, 0.6) is 0 Å². The summed E-state index contributed by atoms with van der Waals surface area (Å²) in [5.41, 5.74) is 8.27. The van der Waals surface area contributed by atoms with Crippen LogP contribution in [0.3, 0.4) is 0 Å². The van der Waals surface area contributed by atoms with Gasteiger partial charge in [0.1, 0.15) is 12.1 Å². The van der Waals surface area contributed by atoms with Crippen molar-refractivity contribution in [3.63, 3.8) is 0 Å². The van der Waals surface area contributed by atoms with E-state index in [2.05, 4.69) is 26.7 Å². The van der Waals surface area contributed by atoms with E-state index >= 15 is 0 Å². The normalized spacial score (nSPS) is 23.3. The number of amides is 2. The van der Waals surface area contributed by atoms with E-state index in [1.807, 2.05) is 13.0 Å². The number of aliphatic imine (C=N–C) groups is 2. The Morgan fingerprint density at radius 1 is 1.10 bits per heavy atom. The molecule has 0 radical (unpaired) electrons. The van der Waals surface area contributed by atoms with Crippen molar-refractivity contribution in [2.75, 3.05) is 6.54 Å². The van der Waals surface area contributed by atoms with Crippen LogP contribution in [0.4, 0.5) is 0 Å². The summed E-state index contributed by atoms with van der Waals surface area (Å²) in [5.74, 6) is -0.262. The van der Waals surface area contributed by atoms with Crippen molar-refractivity contribution in [1.29, 1.82) is 0 Å². The van der Waals surface area contributed by atoms with E-state index < -0.39 is 22.1 Å². The van der Waals surface area contributed by atoms with Gasteiger partial charge in [-0.2, -0.15) is 0 Å². The van der Waals surface area contributed by atoms with Crippen LogP contribution in [-0.2, 0) is 25.4 Å². The molecule has 11 heteroatoms. The molecule has 1 aliphatic heterocycles. The number of carbonyl (C=O) groups is 2. The summed E-state index contributed by atoms with van der Waals surface area (Å²) in [7, 11) is -3.77. The summed E-state index contributed by atoms with van der Waals surface area (Å²) in [5, 5.41) is 3.14. The highest BCUT2D eigenvalue weighted by Crippen LogP contribution is 2.30. The van der Waals surface area contributed by atoms with Gasteiger partial charge in [0.2, 0.25) is 27.8 Å². The molecular formula is C30H44N6O4S. The third-order valence-electron chi connectivity index (χ3n) is 8.48. The molecule has 1 unspecified atom stereocenters. The number of sulfonamides is 1. The lowest BCUT2D eigenvalue weighted by Crippen LogP contribution is -2.55. The predicted molar refractivity (Wildman–Crippen MR) is 162 cm³/mol. The number of likely N-dealkylation sites (tertiary alicyclic amines) is 1. The lowest BCUT2D eigenvalue weighted by molar-refractivity contribution is -0.140. The van der Waals surface area contributed by atoms with E-state index in [0.717, 1.165) is 37.0 Å². The van der Waals surface area contributed by atoms with Crippen LogP contribution in [-0.4, -0.2) is 62.5 Å². The van der Waals surface area contributed by atoms with Gasteiger partial charge in [0.15, 0.2) is 0 Å². The van der Waals surface area contributed by atoms with Crippen molar-refractivity contribution in [3.8, 4) is 0 Å². The van der Waals surface area contributed by atoms with E-state index in [-0.39, 0.29) is 35.5 Å². The first kappa shape index (κ1) is 30.9. The first-order valence-corrected chi connectivity index (χ1v) is 16.4. The van der Waals surface area contributed by atoms with E-state index in [1.165, 1.54) is 6.42 Å². The third kappa shape index (κ3) is 8.72. The molecule has 10 nitrogen and oxygen atoms in total. The van der Waals surface area contributed by atoms with E-state index in [1.54, 1.807) is 29.2 Å². The van der Waals surface area contributed by atoms with Gasteiger partial charge in [-0.25, -0.2) is 23.1 Å². The zero-order chi connectivity index (χ0) is 29.4.